The van der Waals surface area contributed by atoms with E-state index in [1.165, 1.54) is 47.0 Å². The van der Waals surface area contributed by atoms with Crippen LogP contribution >= 0.6 is 11.8 Å². The molecule has 182 valence electrons. The van der Waals surface area contributed by atoms with Crippen LogP contribution in [0, 0.1) is 5.82 Å². The van der Waals surface area contributed by atoms with Crippen LogP contribution < -0.4 is 11.2 Å². The van der Waals surface area contributed by atoms with Crippen molar-refractivity contribution in [3.63, 3.8) is 0 Å². The summed E-state index contributed by atoms with van der Waals surface area (Å²) in [6.07, 6.45) is 1.03. The van der Waals surface area contributed by atoms with Crippen molar-refractivity contribution in [2.45, 2.75) is 21.2 Å². The van der Waals surface area contributed by atoms with Gasteiger partial charge in [-0.2, -0.15) is 0 Å². The number of aromatic nitrogens is 1. The van der Waals surface area contributed by atoms with Crippen molar-refractivity contribution >= 4 is 43.5 Å². The Morgan fingerprint density at radius 2 is 1.69 bits per heavy atom. The number of nitrogens with zero attached hydrogens (tertiary/aromatic N) is 1. The minimum absolute atomic E-state index is 0.00348. The quantitative estimate of drug-likeness (QED) is 0.337. The van der Waals surface area contributed by atoms with Crippen LogP contribution in [0.15, 0.2) is 101 Å². The Morgan fingerprint density at radius 1 is 1.00 bits per heavy atom. The second-order valence-electron chi connectivity index (χ2n) is 8.16. The second-order valence-corrected chi connectivity index (χ2v) is 11.3. The SMILES string of the molecule is CS(=O)(=O)c1ccc2c(c1)c1oc(=O)c(Sc3ccccc3)c(O)c1c(=O)n2Cc1ccc(F)cc1. The van der Waals surface area contributed by atoms with Gasteiger partial charge in [-0.05, 0) is 48.0 Å². The smallest absolute Gasteiger partial charge is 0.354 e. The first kappa shape index (κ1) is 23.8. The Bertz CT molecular complexity index is 1860. The summed E-state index contributed by atoms with van der Waals surface area (Å²) in [6, 6.07) is 18.4. The molecule has 0 saturated carbocycles. The highest BCUT2D eigenvalue weighted by Gasteiger charge is 2.23. The summed E-state index contributed by atoms with van der Waals surface area (Å²) in [5.74, 6) is -0.992. The highest BCUT2D eigenvalue weighted by molar-refractivity contribution is 7.99. The highest BCUT2D eigenvalue weighted by atomic mass is 32.2. The molecule has 5 aromatic rings. The average molecular weight is 524 g/mol. The number of fused-ring (bicyclic) bond motifs is 3. The zero-order valence-electron chi connectivity index (χ0n) is 18.8. The van der Waals surface area contributed by atoms with Crippen LogP contribution in [-0.2, 0) is 16.4 Å². The maximum Gasteiger partial charge on any atom is 0.354 e. The Hall–Kier alpha value is -3.89. The van der Waals surface area contributed by atoms with Crippen LogP contribution in [0.5, 0.6) is 5.75 Å². The Balaban J connectivity index is 1.85. The monoisotopic (exact) mass is 523 g/mol. The molecule has 0 aliphatic carbocycles. The molecule has 1 N–H and O–H groups in total. The van der Waals surface area contributed by atoms with E-state index in [2.05, 4.69) is 0 Å². The fourth-order valence-electron chi connectivity index (χ4n) is 3.93. The van der Waals surface area contributed by atoms with Crippen molar-refractivity contribution in [1.29, 1.82) is 0 Å². The number of halogens is 1. The first-order valence-corrected chi connectivity index (χ1v) is 13.4. The molecule has 10 heteroatoms. The minimum atomic E-state index is -3.63. The summed E-state index contributed by atoms with van der Waals surface area (Å²) < 4.78 is 44.8. The Morgan fingerprint density at radius 3 is 2.36 bits per heavy atom. The maximum absolute atomic E-state index is 13.7. The molecule has 0 radical (unpaired) electrons. The largest absolute Gasteiger partial charge is 0.505 e. The molecular weight excluding hydrogens is 505 g/mol. The van der Waals surface area contributed by atoms with E-state index in [1.807, 2.05) is 0 Å². The van der Waals surface area contributed by atoms with Gasteiger partial charge < -0.3 is 14.1 Å². The van der Waals surface area contributed by atoms with Gasteiger partial charge in [-0.25, -0.2) is 17.6 Å². The predicted octanol–water partition coefficient (Wildman–Crippen LogP) is 4.56. The number of benzene rings is 3. The Kier molecular flexibility index (Phi) is 5.93. The van der Waals surface area contributed by atoms with Gasteiger partial charge in [-0.15, -0.1) is 0 Å². The fraction of sp³-hybridized carbons (Fsp3) is 0.0769. The number of aromatic hydroxyl groups is 1. The van der Waals surface area contributed by atoms with Gasteiger partial charge in [0.1, 0.15) is 16.1 Å². The molecule has 3 aromatic carbocycles. The lowest BCUT2D eigenvalue weighted by molar-refractivity contribution is 0.446. The third-order valence-corrected chi connectivity index (χ3v) is 7.85. The van der Waals surface area contributed by atoms with Crippen molar-refractivity contribution < 1.29 is 22.3 Å². The summed E-state index contributed by atoms with van der Waals surface area (Å²) >= 11 is 0.947. The summed E-state index contributed by atoms with van der Waals surface area (Å²) in [5, 5.41) is 11.0. The average Bonchev–Trinajstić information content (AvgIpc) is 2.85. The summed E-state index contributed by atoms with van der Waals surface area (Å²) in [7, 11) is -3.63. The normalized spacial score (nSPS) is 11.8. The molecule has 0 amide bonds. The van der Waals surface area contributed by atoms with E-state index in [4.69, 9.17) is 4.42 Å². The van der Waals surface area contributed by atoms with E-state index in [9.17, 15) is 27.5 Å². The number of pyridine rings is 1. The van der Waals surface area contributed by atoms with Crippen molar-refractivity contribution in [3.8, 4) is 5.75 Å². The van der Waals surface area contributed by atoms with Crippen LogP contribution in [0.25, 0.3) is 21.9 Å². The summed E-state index contributed by atoms with van der Waals surface area (Å²) in [4.78, 5) is 27.0. The molecule has 0 unspecified atom stereocenters. The lowest BCUT2D eigenvalue weighted by Crippen LogP contribution is -2.23. The molecule has 0 fully saturated rings. The highest BCUT2D eigenvalue weighted by Crippen LogP contribution is 2.37. The second kappa shape index (κ2) is 8.96. The van der Waals surface area contributed by atoms with Gasteiger partial charge in [-0.1, -0.05) is 42.1 Å². The van der Waals surface area contributed by atoms with Crippen molar-refractivity contribution in [3.05, 3.63) is 105 Å². The van der Waals surface area contributed by atoms with Gasteiger partial charge in [0.25, 0.3) is 5.56 Å². The molecule has 2 heterocycles. The third kappa shape index (κ3) is 4.29. The minimum Gasteiger partial charge on any atom is -0.505 e. The van der Waals surface area contributed by atoms with Crippen LogP contribution in [0.1, 0.15) is 5.56 Å². The van der Waals surface area contributed by atoms with Crippen molar-refractivity contribution in [1.82, 2.24) is 4.57 Å². The van der Waals surface area contributed by atoms with E-state index in [1.54, 1.807) is 30.3 Å². The van der Waals surface area contributed by atoms with E-state index in [0.29, 0.717) is 10.5 Å². The van der Waals surface area contributed by atoms with Crippen LogP contribution in [0.4, 0.5) is 4.39 Å². The predicted molar refractivity (Wildman–Crippen MR) is 135 cm³/mol. The molecule has 2 aromatic heterocycles. The summed E-state index contributed by atoms with van der Waals surface area (Å²) in [6.45, 7) is 0.00348. The molecule has 0 bridgehead atoms. The molecule has 5 rings (SSSR count). The van der Waals surface area contributed by atoms with Gasteiger partial charge in [0.05, 0.1) is 17.0 Å². The van der Waals surface area contributed by atoms with Gasteiger partial charge in [0, 0.05) is 16.5 Å². The molecule has 36 heavy (non-hydrogen) atoms. The number of rotatable bonds is 5. The summed E-state index contributed by atoms with van der Waals surface area (Å²) in [5.41, 5.74) is -0.839. The molecule has 0 aliphatic heterocycles. The van der Waals surface area contributed by atoms with Crippen LogP contribution in [0.3, 0.4) is 0 Å². The van der Waals surface area contributed by atoms with E-state index in [0.717, 1.165) is 18.0 Å². The van der Waals surface area contributed by atoms with Gasteiger partial charge >= 0.3 is 5.63 Å². The zero-order valence-corrected chi connectivity index (χ0v) is 20.4. The van der Waals surface area contributed by atoms with Crippen LogP contribution in [0.2, 0.25) is 0 Å². The lowest BCUT2D eigenvalue weighted by Gasteiger charge is -2.15. The number of hydrogen-bond donors (Lipinski definition) is 1. The fourth-order valence-corrected chi connectivity index (χ4v) is 5.43. The van der Waals surface area contributed by atoms with Gasteiger partial charge in [0.2, 0.25) is 0 Å². The van der Waals surface area contributed by atoms with E-state index < -0.39 is 32.6 Å². The third-order valence-electron chi connectivity index (χ3n) is 5.67. The standard InChI is InChI=1S/C26H18FNO6S2/c1-36(32,33)18-11-12-20-19(13-18)23-21(25(30)28(20)14-15-7-9-16(27)10-8-15)22(29)24(26(31)34-23)35-17-5-3-2-4-6-17/h2-13,29H,14H2,1H3. The van der Waals surface area contributed by atoms with Gasteiger partial charge in [0.15, 0.2) is 21.2 Å². The first-order chi connectivity index (χ1) is 17.1. The first-order valence-electron chi connectivity index (χ1n) is 10.7. The van der Waals surface area contributed by atoms with Crippen molar-refractivity contribution in [2.75, 3.05) is 6.26 Å². The zero-order chi connectivity index (χ0) is 25.6. The molecular formula is C26H18FNO6S2. The molecule has 0 spiro atoms. The van der Waals surface area contributed by atoms with Crippen LogP contribution in [-0.4, -0.2) is 24.3 Å². The van der Waals surface area contributed by atoms with E-state index in [-0.39, 0.29) is 38.2 Å². The number of hydrogen-bond acceptors (Lipinski definition) is 7. The van der Waals surface area contributed by atoms with E-state index >= 15 is 0 Å². The van der Waals surface area contributed by atoms with Gasteiger partial charge in [-0.3, -0.25) is 4.79 Å². The molecule has 7 nitrogen and oxygen atoms in total. The van der Waals surface area contributed by atoms with Crippen molar-refractivity contribution in [2.24, 2.45) is 0 Å². The molecule has 0 saturated heterocycles. The number of sulfone groups is 1. The Labute approximate surface area is 208 Å². The lowest BCUT2D eigenvalue weighted by atomic mass is 10.1. The molecule has 0 atom stereocenters. The molecule has 0 aliphatic rings. The maximum atomic E-state index is 13.7. The topological polar surface area (TPSA) is 107 Å².